The summed E-state index contributed by atoms with van der Waals surface area (Å²) in [5.74, 6) is -1.46. The second-order valence-electron chi connectivity index (χ2n) is 5.74. The van der Waals surface area contributed by atoms with E-state index in [9.17, 15) is 9.59 Å². The number of carbonyl (C=O) groups is 2. The second-order valence-corrected chi connectivity index (χ2v) is 6.65. The van der Waals surface area contributed by atoms with Crippen molar-refractivity contribution in [2.75, 3.05) is 4.90 Å². The van der Waals surface area contributed by atoms with Gasteiger partial charge in [0.2, 0.25) is 12.0 Å². The van der Waals surface area contributed by atoms with E-state index in [2.05, 4.69) is 26.2 Å². The van der Waals surface area contributed by atoms with Gasteiger partial charge in [-0.1, -0.05) is 21.1 Å². The minimum Gasteiger partial charge on any atom is -0.381 e. The Bertz CT molecular complexity index is 887. The predicted molar refractivity (Wildman–Crippen MR) is 89.5 cm³/mol. The SMILES string of the molecule is Cc1c(C2=NO[C@@H]3C(=O)N(c4ccc(Br)cc4)C(=O)[C@H]23)cnn1C. The van der Waals surface area contributed by atoms with E-state index in [1.54, 1.807) is 35.1 Å². The monoisotopic (exact) mass is 388 g/mol. The Kier molecular flexibility index (Phi) is 3.31. The van der Waals surface area contributed by atoms with E-state index in [1.807, 2.05) is 14.0 Å². The Hall–Kier alpha value is -2.48. The van der Waals surface area contributed by atoms with Crippen LogP contribution in [0.25, 0.3) is 0 Å². The van der Waals surface area contributed by atoms with Gasteiger partial charge in [-0.15, -0.1) is 0 Å². The molecule has 8 heteroatoms. The molecule has 4 rings (SSSR count). The molecule has 2 aliphatic rings. The van der Waals surface area contributed by atoms with Crippen molar-refractivity contribution in [3.05, 3.63) is 46.2 Å². The smallest absolute Gasteiger partial charge is 0.278 e. The minimum absolute atomic E-state index is 0.327. The minimum atomic E-state index is -0.907. The molecule has 0 aliphatic carbocycles. The molecular weight excluding hydrogens is 376 g/mol. The zero-order valence-electron chi connectivity index (χ0n) is 12.9. The molecule has 2 atom stereocenters. The van der Waals surface area contributed by atoms with Crippen LogP contribution in [0.3, 0.4) is 0 Å². The van der Waals surface area contributed by atoms with E-state index < -0.39 is 17.9 Å². The molecule has 0 N–H and O–H groups in total. The number of fused-ring (bicyclic) bond motifs is 1. The molecule has 1 aromatic heterocycles. The number of aryl methyl sites for hydroxylation is 1. The molecular formula is C16H13BrN4O3. The lowest BCUT2D eigenvalue weighted by atomic mass is 9.94. The number of oxime groups is 1. The molecule has 1 aromatic carbocycles. The van der Waals surface area contributed by atoms with Crippen LogP contribution in [-0.2, 0) is 21.5 Å². The van der Waals surface area contributed by atoms with Gasteiger partial charge in [-0.2, -0.15) is 5.10 Å². The fraction of sp³-hybridized carbons (Fsp3) is 0.250. The van der Waals surface area contributed by atoms with E-state index >= 15 is 0 Å². The lowest BCUT2D eigenvalue weighted by Gasteiger charge is -2.15. The number of imide groups is 1. The first-order valence-electron chi connectivity index (χ1n) is 7.35. The maximum atomic E-state index is 12.9. The third-order valence-electron chi connectivity index (χ3n) is 4.41. The molecule has 3 heterocycles. The molecule has 1 fully saturated rings. The van der Waals surface area contributed by atoms with Gasteiger partial charge in [-0.05, 0) is 31.2 Å². The number of halogens is 1. The van der Waals surface area contributed by atoms with Crippen molar-refractivity contribution in [2.24, 2.45) is 18.1 Å². The maximum Gasteiger partial charge on any atom is 0.278 e. The van der Waals surface area contributed by atoms with Crippen molar-refractivity contribution in [3.8, 4) is 0 Å². The van der Waals surface area contributed by atoms with Crippen molar-refractivity contribution in [3.63, 3.8) is 0 Å². The number of hydrogen-bond donors (Lipinski definition) is 0. The second kappa shape index (κ2) is 5.27. The van der Waals surface area contributed by atoms with E-state index in [1.165, 1.54) is 4.90 Å². The summed E-state index contributed by atoms with van der Waals surface area (Å²) in [7, 11) is 1.81. The van der Waals surface area contributed by atoms with Crippen LogP contribution in [0.1, 0.15) is 11.3 Å². The number of carbonyl (C=O) groups excluding carboxylic acids is 2. The Morgan fingerprint density at radius 1 is 1.17 bits per heavy atom. The first-order valence-corrected chi connectivity index (χ1v) is 8.14. The number of benzene rings is 1. The molecule has 7 nitrogen and oxygen atoms in total. The Labute approximate surface area is 146 Å². The lowest BCUT2D eigenvalue weighted by Crippen LogP contribution is -2.33. The summed E-state index contributed by atoms with van der Waals surface area (Å²) >= 11 is 3.34. The highest BCUT2D eigenvalue weighted by Gasteiger charge is 2.56. The Morgan fingerprint density at radius 3 is 2.50 bits per heavy atom. The largest absolute Gasteiger partial charge is 0.381 e. The summed E-state index contributed by atoms with van der Waals surface area (Å²) in [6, 6.07) is 7.00. The van der Waals surface area contributed by atoms with Gasteiger partial charge in [0, 0.05) is 22.8 Å². The quantitative estimate of drug-likeness (QED) is 0.734. The molecule has 0 radical (unpaired) electrons. The summed E-state index contributed by atoms with van der Waals surface area (Å²) < 4.78 is 2.56. The molecule has 0 saturated carbocycles. The molecule has 0 bridgehead atoms. The van der Waals surface area contributed by atoms with Crippen LogP contribution < -0.4 is 4.90 Å². The molecule has 0 spiro atoms. The third-order valence-corrected chi connectivity index (χ3v) is 4.94. The van der Waals surface area contributed by atoms with Crippen molar-refractivity contribution >= 4 is 39.1 Å². The molecule has 0 unspecified atom stereocenters. The zero-order valence-corrected chi connectivity index (χ0v) is 14.5. The molecule has 24 heavy (non-hydrogen) atoms. The van der Waals surface area contributed by atoms with Crippen LogP contribution in [-0.4, -0.2) is 33.4 Å². The van der Waals surface area contributed by atoms with Gasteiger partial charge in [-0.25, -0.2) is 4.90 Å². The Morgan fingerprint density at radius 2 is 1.88 bits per heavy atom. The van der Waals surface area contributed by atoms with Crippen LogP contribution in [0, 0.1) is 12.8 Å². The van der Waals surface area contributed by atoms with E-state index in [-0.39, 0.29) is 5.91 Å². The number of nitrogens with zero attached hydrogens (tertiary/aromatic N) is 4. The van der Waals surface area contributed by atoms with Gasteiger partial charge in [0.25, 0.3) is 5.91 Å². The highest BCUT2D eigenvalue weighted by atomic mass is 79.9. The average molecular weight is 389 g/mol. The number of anilines is 1. The van der Waals surface area contributed by atoms with Gasteiger partial charge < -0.3 is 4.84 Å². The van der Waals surface area contributed by atoms with Crippen LogP contribution in [0.4, 0.5) is 5.69 Å². The Balaban J connectivity index is 1.72. The van der Waals surface area contributed by atoms with E-state index in [4.69, 9.17) is 4.84 Å². The molecule has 2 aromatic rings. The van der Waals surface area contributed by atoms with Gasteiger partial charge in [-0.3, -0.25) is 14.3 Å². The summed E-state index contributed by atoms with van der Waals surface area (Å²) in [5.41, 5.74) is 2.57. The number of rotatable bonds is 2. The fourth-order valence-electron chi connectivity index (χ4n) is 3.00. The van der Waals surface area contributed by atoms with Crippen molar-refractivity contribution in [2.45, 2.75) is 13.0 Å². The summed E-state index contributed by atoms with van der Waals surface area (Å²) in [6.45, 7) is 1.88. The standard InChI is InChI=1S/C16H13BrN4O3/c1-8-11(7-18-20(8)2)13-12-14(24-19-13)16(23)21(15(12)22)10-5-3-9(17)4-6-10/h3-7,12,14H,1-2H3/t12-,14+/m1/s1. The normalized spacial score (nSPS) is 22.6. The van der Waals surface area contributed by atoms with E-state index in [0.717, 1.165) is 15.7 Å². The number of hydrogen-bond acceptors (Lipinski definition) is 5. The van der Waals surface area contributed by atoms with E-state index in [0.29, 0.717) is 11.4 Å². The highest BCUT2D eigenvalue weighted by molar-refractivity contribution is 9.10. The van der Waals surface area contributed by atoms with Crippen molar-refractivity contribution in [1.29, 1.82) is 0 Å². The van der Waals surface area contributed by atoms with Crippen LogP contribution in [0.5, 0.6) is 0 Å². The third kappa shape index (κ3) is 2.02. The maximum absolute atomic E-state index is 12.9. The number of amides is 2. The lowest BCUT2D eigenvalue weighted by molar-refractivity contribution is -0.126. The zero-order chi connectivity index (χ0) is 17.0. The summed E-state index contributed by atoms with van der Waals surface area (Å²) in [6.07, 6.45) is 0.732. The topological polar surface area (TPSA) is 76.8 Å². The van der Waals surface area contributed by atoms with Crippen LogP contribution >= 0.6 is 15.9 Å². The average Bonchev–Trinajstić information content (AvgIpc) is 3.20. The first-order chi connectivity index (χ1) is 11.5. The van der Waals surface area contributed by atoms with Crippen molar-refractivity contribution < 1.29 is 14.4 Å². The van der Waals surface area contributed by atoms with Crippen LogP contribution in [0.15, 0.2) is 40.1 Å². The van der Waals surface area contributed by atoms with Gasteiger partial charge in [0.05, 0.1) is 11.9 Å². The highest BCUT2D eigenvalue weighted by Crippen LogP contribution is 2.35. The fourth-order valence-corrected chi connectivity index (χ4v) is 3.26. The number of aromatic nitrogens is 2. The van der Waals surface area contributed by atoms with Gasteiger partial charge in [0.15, 0.2) is 0 Å². The predicted octanol–water partition coefficient (Wildman–Crippen LogP) is 1.78. The summed E-state index contributed by atoms with van der Waals surface area (Å²) in [5, 5.41) is 8.17. The van der Waals surface area contributed by atoms with Crippen LogP contribution in [0.2, 0.25) is 0 Å². The molecule has 2 aliphatic heterocycles. The summed E-state index contributed by atoms with van der Waals surface area (Å²) in [4.78, 5) is 32.0. The molecule has 2 amide bonds. The molecule has 1 saturated heterocycles. The molecule has 122 valence electrons. The van der Waals surface area contributed by atoms with Crippen molar-refractivity contribution in [1.82, 2.24) is 9.78 Å². The van der Waals surface area contributed by atoms with Gasteiger partial charge >= 0.3 is 0 Å². The first kappa shape index (κ1) is 15.1. The van der Waals surface area contributed by atoms with Gasteiger partial charge in [0.1, 0.15) is 11.6 Å².